The van der Waals surface area contributed by atoms with E-state index in [9.17, 15) is 4.79 Å². The fourth-order valence-electron chi connectivity index (χ4n) is 1.63. The molecule has 1 N–H and O–H groups in total. The number of hydrogen-bond donors (Lipinski definition) is 1. The summed E-state index contributed by atoms with van der Waals surface area (Å²) >= 11 is 6.06. The molecule has 1 amide bonds. The largest absolute Gasteiger partial charge is 0.396 e. The van der Waals surface area contributed by atoms with E-state index in [4.69, 9.17) is 16.7 Å². The van der Waals surface area contributed by atoms with Gasteiger partial charge in [-0.3, -0.25) is 4.79 Å². The van der Waals surface area contributed by atoms with Crippen molar-refractivity contribution < 1.29 is 9.90 Å². The van der Waals surface area contributed by atoms with Crippen molar-refractivity contribution in [1.82, 2.24) is 4.90 Å². The molecule has 1 aromatic rings. The number of nitrogens with zero attached hydrogens (tertiary/aromatic N) is 1. The molecular weight excluding hydrogens is 238 g/mol. The third kappa shape index (κ3) is 3.72. The maximum absolute atomic E-state index is 12.2. The van der Waals surface area contributed by atoms with Crippen molar-refractivity contribution in [2.45, 2.75) is 20.3 Å². The highest BCUT2D eigenvalue weighted by atomic mass is 35.5. The molecule has 0 aliphatic rings. The third-order valence-electron chi connectivity index (χ3n) is 2.61. The van der Waals surface area contributed by atoms with Crippen molar-refractivity contribution >= 4 is 17.5 Å². The molecule has 0 heterocycles. The van der Waals surface area contributed by atoms with Crippen LogP contribution in [-0.4, -0.2) is 35.6 Å². The molecule has 94 valence electrons. The minimum absolute atomic E-state index is 0.0778. The molecule has 0 spiro atoms. The van der Waals surface area contributed by atoms with Crippen molar-refractivity contribution in [1.29, 1.82) is 0 Å². The fourth-order valence-corrected chi connectivity index (χ4v) is 1.94. The lowest BCUT2D eigenvalue weighted by molar-refractivity contribution is 0.0754. The highest BCUT2D eigenvalue weighted by Crippen LogP contribution is 2.19. The Morgan fingerprint density at radius 3 is 2.71 bits per heavy atom. The van der Waals surface area contributed by atoms with Gasteiger partial charge in [0.15, 0.2) is 0 Å². The lowest BCUT2D eigenvalue weighted by atomic mass is 10.1. The Bertz CT molecular complexity index is 393. The summed E-state index contributed by atoms with van der Waals surface area (Å²) in [5.74, 6) is -0.0778. The molecule has 0 radical (unpaired) electrons. The number of hydrogen-bond acceptors (Lipinski definition) is 2. The van der Waals surface area contributed by atoms with Crippen LogP contribution in [0.25, 0.3) is 0 Å². The van der Waals surface area contributed by atoms with Crippen LogP contribution < -0.4 is 0 Å². The number of aliphatic hydroxyl groups excluding tert-OH is 1. The Morgan fingerprint density at radius 1 is 1.47 bits per heavy atom. The minimum Gasteiger partial charge on any atom is -0.396 e. The molecule has 0 aliphatic carbocycles. The molecule has 0 atom stereocenters. The summed E-state index contributed by atoms with van der Waals surface area (Å²) in [7, 11) is 0. The van der Waals surface area contributed by atoms with Gasteiger partial charge in [0.05, 0.1) is 10.6 Å². The van der Waals surface area contributed by atoms with Gasteiger partial charge in [0.1, 0.15) is 0 Å². The highest BCUT2D eigenvalue weighted by Gasteiger charge is 2.16. The van der Waals surface area contributed by atoms with Crippen molar-refractivity contribution in [3.05, 3.63) is 34.3 Å². The predicted molar refractivity (Wildman–Crippen MR) is 69.5 cm³/mol. The summed E-state index contributed by atoms with van der Waals surface area (Å²) in [4.78, 5) is 13.9. The first-order valence-corrected chi connectivity index (χ1v) is 6.14. The van der Waals surface area contributed by atoms with Gasteiger partial charge >= 0.3 is 0 Å². The van der Waals surface area contributed by atoms with Gasteiger partial charge in [-0.05, 0) is 38.0 Å². The van der Waals surface area contributed by atoms with Gasteiger partial charge < -0.3 is 10.0 Å². The van der Waals surface area contributed by atoms with Crippen LogP contribution in [0.4, 0.5) is 0 Å². The number of aryl methyl sites for hydroxylation is 1. The summed E-state index contributed by atoms with van der Waals surface area (Å²) < 4.78 is 0. The second-order valence-corrected chi connectivity index (χ2v) is 4.35. The molecule has 0 saturated carbocycles. The molecule has 1 rings (SSSR count). The Labute approximate surface area is 107 Å². The molecular formula is C13H18ClNO2. The van der Waals surface area contributed by atoms with Crippen LogP contribution in [0.3, 0.4) is 0 Å². The van der Waals surface area contributed by atoms with Crippen LogP contribution in [0.15, 0.2) is 18.2 Å². The van der Waals surface area contributed by atoms with E-state index in [1.54, 1.807) is 17.0 Å². The molecule has 17 heavy (non-hydrogen) atoms. The predicted octanol–water partition coefficient (Wildman–Crippen LogP) is 2.49. The minimum atomic E-state index is -0.0778. The molecule has 0 aliphatic heterocycles. The average Bonchev–Trinajstić information content (AvgIpc) is 2.29. The van der Waals surface area contributed by atoms with E-state index in [2.05, 4.69) is 0 Å². The quantitative estimate of drug-likeness (QED) is 0.878. The van der Waals surface area contributed by atoms with Crippen LogP contribution in [0.2, 0.25) is 5.02 Å². The van der Waals surface area contributed by atoms with Gasteiger partial charge in [-0.25, -0.2) is 0 Å². The van der Waals surface area contributed by atoms with Gasteiger partial charge in [-0.15, -0.1) is 0 Å². The van der Waals surface area contributed by atoms with Crippen molar-refractivity contribution in [2.24, 2.45) is 0 Å². The molecule has 0 bridgehead atoms. The fraction of sp³-hybridized carbons (Fsp3) is 0.462. The van der Waals surface area contributed by atoms with E-state index in [-0.39, 0.29) is 12.5 Å². The number of carbonyl (C=O) groups is 1. The molecule has 0 saturated heterocycles. The zero-order chi connectivity index (χ0) is 12.8. The topological polar surface area (TPSA) is 40.5 Å². The lowest BCUT2D eigenvalue weighted by Gasteiger charge is -2.21. The number of benzene rings is 1. The van der Waals surface area contributed by atoms with Gasteiger partial charge in [-0.1, -0.05) is 17.7 Å². The number of aliphatic hydroxyl groups is 1. The second kappa shape index (κ2) is 6.62. The monoisotopic (exact) mass is 255 g/mol. The van der Waals surface area contributed by atoms with Crippen LogP contribution in [-0.2, 0) is 0 Å². The first-order valence-electron chi connectivity index (χ1n) is 5.76. The van der Waals surface area contributed by atoms with Crippen LogP contribution in [0.1, 0.15) is 29.3 Å². The van der Waals surface area contributed by atoms with Gasteiger partial charge in [0.25, 0.3) is 5.91 Å². The van der Waals surface area contributed by atoms with Crippen molar-refractivity contribution in [3.63, 3.8) is 0 Å². The first kappa shape index (κ1) is 14.0. The van der Waals surface area contributed by atoms with E-state index in [0.717, 1.165) is 5.56 Å². The molecule has 1 aromatic carbocycles. The maximum Gasteiger partial charge on any atom is 0.255 e. The van der Waals surface area contributed by atoms with Crippen LogP contribution in [0.5, 0.6) is 0 Å². The van der Waals surface area contributed by atoms with E-state index in [1.165, 1.54) is 0 Å². The van der Waals surface area contributed by atoms with Crippen molar-refractivity contribution in [2.75, 3.05) is 19.7 Å². The maximum atomic E-state index is 12.2. The highest BCUT2D eigenvalue weighted by molar-refractivity contribution is 6.33. The van der Waals surface area contributed by atoms with Crippen molar-refractivity contribution in [3.8, 4) is 0 Å². The van der Waals surface area contributed by atoms with Gasteiger partial charge in [0.2, 0.25) is 0 Å². The zero-order valence-electron chi connectivity index (χ0n) is 10.2. The number of carbonyl (C=O) groups excluding carboxylic acids is 1. The smallest absolute Gasteiger partial charge is 0.255 e. The van der Waals surface area contributed by atoms with E-state index >= 15 is 0 Å². The summed E-state index contributed by atoms with van der Waals surface area (Å²) in [6.07, 6.45) is 0.586. The Kier molecular flexibility index (Phi) is 5.45. The molecule has 0 fully saturated rings. The average molecular weight is 256 g/mol. The summed E-state index contributed by atoms with van der Waals surface area (Å²) in [5, 5.41) is 9.27. The zero-order valence-corrected chi connectivity index (χ0v) is 11.0. The molecule has 4 heteroatoms. The van der Waals surface area contributed by atoms with Gasteiger partial charge in [0, 0.05) is 19.7 Å². The SMILES string of the molecule is CCN(CCCO)C(=O)c1ccc(C)cc1Cl. The van der Waals surface area contributed by atoms with E-state index in [0.29, 0.717) is 30.1 Å². The standard InChI is InChI=1S/C13H18ClNO2/c1-3-15(7-4-8-16)13(17)11-6-5-10(2)9-12(11)14/h5-6,9,16H,3-4,7-8H2,1-2H3. The van der Waals surface area contributed by atoms with Crippen LogP contribution >= 0.6 is 11.6 Å². The number of halogens is 1. The normalized spacial score (nSPS) is 10.4. The molecule has 0 aromatic heterocycles. The van der Waals surface area contributed by atoms with E-state index in [1.807, 2.05) is 19.9 Å². The molecule has 0 unspecified atom stereocenters. The van der Waals surface area contributed by atoms with E-state index < -0.39 is 0 Å². The summed E-state index contributed by atoms with van der Waals surface area (Å²) in [5.41, 5.74) is 1.56. The first-order chi connectivity index (χ1) is 8.10. The number of rotatable bonds is 5. The summed E-state index contributed by atoms with van der Waals surface area (Å²) in [6.45, 7) is 5.10. The summed E-state index contributed by atoms with van der Waals surface area (Å²) in [6, 6.07) is 5.41. The second-order valence-electron chi connectivity index (χ2n) is 3.95. The van der Waals surface area contributed by atoms with Crippen LogP contribution in [0, 0.1) is 6.92 Å². The number of amides is 1. The van der Waals surface area contributed by atoms with Gasteiger partial charge in [-0.2, -0.15) is 0 Å². The Balaban J connectivity index is 2.86. The molecule has 3 nitrogen and oxygen atoms in total. The Hall–Kier alpha value is -1.06. The Morgan fingerprint density at radius 2 is 2.18 bits per heavy atom. The third-order valence-corrected chi connectivity index (χ3v) is 2.92. The lowest BCUT2D eigenvalue weighted by Crippen LogP contribution is -2.32.